The molecule has 0 spiro atoms. The number of ether oxygens (including phenoxy) is 2. The number of aliphatic hydroxyl groups is 1. The highest BCUT2D eigenvalue weighted by atomic mass is 16.5. The molecule has 0 saturated carbocycles. The topological polar surface area (TPSA) is 65.4 Å². The Balaban J connectivity index is 1.24. The Bertz CT molecular complexity index is 1040. The molecular weight excluding hydrogens is 404 g/mol. The second kappa shape index (κ2) is 9.46. The van der Waals surface area contributed by atoms with Gasteiger partial charge in [0.2, 0.25) is 0 Å². The molecule has 2 saturated heterocycles. The smallest absolute Gasteiger partial charge is 0.127 e. The van der Waals surface area contributed by atoms with Crippen LogP contribution >= 0.6 is 0 Å². The van der Waals surface area contributed by atoms with Crippen molar-refractivity contribution >= 4 is 10.8 Å². The first-order chi connectivity index (χ1) is 15.7. The first-order valence-electron chi connectivity index (χ1n) is 11.3. The number of fused-ring (bicyclic) bond motifs is 1. The van der Waals surface area contributed by atoms with Crippen molar-refractivity contribution in [3.05, 3.63) is 60.7 Å². The van der Waals surface area contributed by atoms with Gasteiger partial charge in [-0.1, -0.05) is 42.5 Å². The normalized spacial score (nSPS) is 19.0. The van der Waals surface area contributed by atoms with Gasteiger partial charge >= 0.3 is 0 Å². The summed E-state index contributed by atoms with van der Waals surface area (Å²) in [6, 6.07) is 19.9. The Morgan fingerprint density at radius 3 is 2.50 bits per heavy atom. The molecule has 2 heterocycles. The Morgan fingerprint density at radius 1 is 0.969 bits per heavy atom. The fourth-order valence-electron chi connectivity index (χ4n) is 4.70. The van der Waals surface area contributed by atoms with Gasteiger partial charge in [0.25, 0.3) is 0 Å². The summed E-state index contributed by atoms with van der Waals surface area (Å²) < 4.78 is 11.6. The van der Waals surface area contributed by atoms with E-state index in [1.54, 1.807) is 12.1 Å². The Hall–Kier alpha value is -2.64. The second-order valence-electron chi connectivity index (χ2n) is 8.69. The number of aromatic hydroxyl groups is 1. The van der Waals surface area contributed by atoms with Crippen molar-refractivity contribution in [2.75, 3.05) is 52.5 Å². The van der Waals surface area contributed by atoms with Gasteiger partial charge < -0.3 is 19.7 Å². The van der Waals surface area contributed by atoms with E-state index in [0.29, 0.717) is 12.6 Å². The van der Waals surface area contributed by atoms with Crippen LogP contribution in [0.15, 0.2) is 60.7 Å². The van der Waals surface area contributed by atoms with Crippen LogP contribution in [0, 0.1) is 0 Å². The largest absolute Gasteiger partial charge is 0.508 e. The van der Waals surface area contributed by atoms with Crippen molar-refractivity contribution in [2.24, 2.45) is 0 Å². The van der Waals surface area contributed by atoms with E-state index in [1.165, 1.54) is 0 Å². The van der Waals surface area contributed by atoms with E-state index in [0.717, 1.165) is 67.0 Å². The number of aliphatic hydroxyl groups excluding tert-OH is 1. The van der Waals surface area contributed by atoms with Crippen molar-refractivity contribution < 1.29 is 19.7 Å². The minimum atomic E-state index is -0.556. The molecule has 0 aromatic heterocycles. The lowest BCUT2D eigenvalue weighted by molar-refractivity contribution is -0.0461. The van der Waals surface area contributed by atoms with Crippen LogP contribution in [0.5, 0.6) is 11.5 Å². The van der Waals surface area contributed by atoms with Gasteiger partial charge in [0.15, 0.2) is 0 Å². The minimum absolute atomic E-state index is 0.233. The number of likely N-dealkylation sites (tertiary alicyclic amines) is 1. The summed E-state index contributed by atoms with van der Waals surface area (Å²) in [6.45, 7) is 6.49. The average Bonchev–Trinajstić information content (AvgIpc) is 2.80. The molecule has 0 bridgehead atoms. The first-order valence-corrected chi connectivity index (χ1v) is 11.3. The van der Waals surface area contributed by atoms with E-state index < -0.39 is 6.10 Å². The van der Waals surface area contributed by atoms with Gasteiger partial charge in [-0.2, -0.15) is 0 Å². The zero-order valence-corrected chi connectivity index (χ0v) is 18.2. The zero-order valence-electron chi connectivity index (χ0n) is 18.2. The number of β-amino-alcohol motifs (C(OH)–C–C–N with tert-alkyl or cyclic N) is 1. The van der Waals surface area contributed by atoms with E-state index >= 15 is 0 Å². The molecule has 6 nitrogen and oxygen atoms in total. The van der Waals surface area contributed by atoms with Crippen molar-refractivity contribution in [1.29, 1.82) is 0 Å². The number of hydrogen-bond acceptors (Lipinski definition) is 6. The SMILES string of the molecule is Oc1ccc(-c2c(OCC(O)CN3CC(N4CCOCC4)C3)ccc3ccccc23)cc1. The quantitative estimate of drug-likeness (QED) is 0.596. The molecule has 2 aliphatic heterocycles. The fraction of sp³-hybridized carbons (Fsp3) is 0.385. The van der Waals surface area contributed by atoms with Crippen LogP contribution in [0.2, 0.25) is 0 Å². The van der Waals surface area contributed by atoms with Crippen LogP contribution in [-0.2, 0) is 4.74 Å². The highest BCUT2D eigenvalue weighted by Crippen LogP contribution is 2.37. The molecule has 2 N–H and O–H groups in total. The third-order valence-corrected chi connectivity index (χ3v) is 6.45. The maximum Gasteiger partial charge on any atom is 0.127 e. The molecule has 2 aliphatic rings. The van der Waals surface area contributed by atoms with Crippen molar-refractivity contribution in [3.8, 4) is 22.6 Å². The summed E-state index contributed by atoms with van der Waals surface area (Å²) in [7, 11) is 0. The summed E-state index contributed by atoms with van der Waals surface area (Å²) in [6.07, 6.45) is -0.556. The van der Waals surface area contributed by atoms with Gasteiger partial charge in [0.1, 0.15) is 24.2 Å². The number of morpholine rings is 1. The predicted octanol–water partition coefficient (Wildman–Crippen LogP) is 2.97. The molecule has 3 aromatic rings. The van der Waals surface area contributed by atoms with Crippen LogP contribution in [0.3, 0.4) is 0 Å². The summed E-state index contributed by atoms with van der Waals surface area (Å²) in [5.41, 5.74) is 1.95. The van der Waals surface area contributed by atoms with Gasteiger partial charge in [-0.05, 0) is 34.5 Å². The maximum atomic E-state index is 10.6. The fourth-order valence-corrected chi connectivity index (χ4v) is 4.70. The van der Waals surface area contributed by atoms with E-state index in [1.807, 2.05) is 36.4 Å². The van der Waals surface area contributed by atoms with Crippen LogP contribution in [-0.4, -0.2) is 84.7 Å². The number of benzene rings is 3. The van der Waals surface area contributed by atoms with E-state index in [-0.39, 0.29) is 12.4 Å². The van der Waals surface area contributed by atoms with E-state index in [2.05, 4.69) is 21.9 Å². The molecule has 6 heteroatoms. The van der Waals surface area contributed by atoms with Gasteiger partial charge in [0, 0.05) is 44.3 Å². The van der Waals surface area contributed by atoms with Gasteiger partial charge in [-0.3, -0.25) is 9.80 Å². The molecule has 0 amide bonds. The molecule has 2 fully saturated rings. The number of phenols is 1. The number of hydrogen-bond donors (Lipinski definition) is 2. The first kappa shape index (κ1) is 21.2. The molecule has 1 atom stereocenters. The number of rotatable bonds is 7. The van der Waals surface area contributed by atoms with Gasteiger partial charge in [-0.25, -0.2) is 0 Å². The van der Waals surface area contributed by atoms with Crippen LogP contribution in [0.4, 0.5) is 0 Å². The molecule has 32 heavy (non-hydrogen) atoms. The summed E-state index contributed by atoms with van der Waals surface area (Å²) in [5.74, 6) is 0.972. The monoisotopic (exact) mass is 434 g/mol. The van der Waals surface area contributed by atoms with Crippen molar-refractivity contribution in [1.82, 2.24) is 9.80 Å². The summed E-state index contributed by atoms with van der Waals surface area (Å²) in [4.78, 5) is 4.78. The molecule has 1 unspecified atom stereocenters. The highest BCUT2D eigenvalue weighted by Gasteiger charge is 2.33. The molecular formula is C26H30N2O4. The summed E-state index contributed by atoms with van der Waals surface area (Å²) in [5, 5.41) is 22.5. The third kappa shape index (κ3) is 4.59. The molecule has 3 aromatic carbocycles. The lowest BCUT2D eigenvalue weighted by Crippen LogP contribution is -2.62. The number of phenolic OH excluding ortho intramolecular Hbond substituents is 1. The Morgan fingerprint density at radius 2 is 1.72 bits per heavy atom. The lowest BCUT2D eigenvalue weighted by Gasteiger charge is -2.47. The summed E-state index contributed by atoms with van der Waals surface area (Å²) >= 11 is 0. The third-order valence-electron chi connectivity index (χ3n) is 6.45. The van der Waals surface area contributed by atoms with E-state index in [9.17, 15) is 10.2 Å². The maximum absolute atomic E-state index is 10.6. The molecule has 0 aliphatic carbocycles. The van der Waals surface area contributed by atoms with Gasteiger partial charge in [0.05, 0.1) is 13.2 Å². The Labute approximate surface area is 188 Å². The molecule has 5 rings (SSSR count). The Kier molecular flexibility index (Phi) is 6.28. The molecule has 168 valence electrons. The zero-order chi connectivity index (χ0) is 21.9. The second-order valence-corrected chi connectivity index (χ2v) is 8.69. The van der Waals surface area contributed by atoms with Crippen molar-refractivity contribution in [3.63, 3.8) is 0 Å². The van der Waals surface area contributed by atoms with E-state index in [4.69, 9.17) is 9.47 Å². The highest BCUT2D eigenvalue weighted by molar-refractivity contribution is 5.99. The van der Waals surface area contributed by atoms with Gasteiger partial charge in [-0.15, -0.1) is 0 Å². The van der Waals surface area contributed by atoms with Crippen molar-refractivity contribution in [2.45, 2.75) is 12.1 Å². The number of nitrogens with zero attached hydrogens (tertiary/aromatic N) is 2. The standard InChI is InChI=1S/C26H30N2O4/c29-22-8-5-20(6-9-22)26-24-4-2-1-3-19(24)7-10-25(26)32-18-23(30)17-27-15-21(16-27)28-11-13-31-14-12-28/h1-10,21,23,29-30H,11-18H2. The average molecular weight is 435 g/mol. The molecule has 0 radical (unpaired) electrons. The minimum Gasteiger partial charge on any atom is -0.508 e. The van der Waals surface area contributed by atoms with Crippen LogP contribution < -0.4 is 4.74 Å². The predicted molar refractivity (Wildman–Crippen MR) is 125 cm³/mol. The lowest BCUT2D eigenvalue weighted by atomic mass is 9.97. The van der Waals surface area contributed by atoms with Crippen LogP contribution in [0.1, 0.15) is 0 Å². The van der Waals surface area contributed by atoms with Crippen LogP contribution in [0.25, 0.3) is 21.9 Å².